The lowest BCUT2D eigenvalue weighted by molar-refractivity contribution is 0.602. The van der Waals surface area contributed by atoms with Crippen molar-refractivity contribution in [2.24, 2.45) is 0 Å². The monoisotopic (exact) mass is 505 g/mol. The van der Waals surface area contributed by atoms with E-state index in [0.717, 1.165) is 34.0 Å². The SMILES string of the molecule is CC(C)c1cc(-c2cccc(CC(c3ccccc3)c3ccc(S(C)(=O)=O)cc3)c2)c2ncccc2c1. The Morgan fingerprint density at radius 2 is 1.46 bits per heavy atom. The van der Waals surface area contributed by atoms with E-state index >= 15 is 0 Å². The van der Waals surface area contributed by atoms with E-state index in [1.807, 2.05) is 30.5 Å². The zero-order valence-corrected chi connectivity index (χ0v) is 22.2. The van der Waals surface area contributed by atoms with Crippen molar-refractivity contribution in [3.8, 4) is 11.1 Å². The van der Waals surface area contributed by atoms with Crippen molar-refractivity contribution in [1.29, 1.82) is 0 Å². The predicted octanol–water partition coefficient (Wildman–Crippen LogP) is 7.80. The van der Waals surface area contributed by atoms with Gasteiger partial charge in [0.15, 0.2) is 9.84 Å². The molecule has 0 aliphatic carbocycles. The maximum absolute atomic E-state index is 12.0. The molecule has 0 saturated heterocycles. The fourth-order valence-electron chi connectivity index (χ4n) is 4.93. The average molecular weight is 506 g/mol. The lowest BCUT2D eigenvalue weighted by Crippen LogP contribution is -2.06. The van der Waals surface area contributed by atoms with Gasteiger partial charge in [-0.2, -0.15) is 0 Å². The van der Waals surface area contributed by atoms with Crippen LogP contribution in [0.4, 0.5) is 0 Å². The molecule has 3 nitrogen and oxygen atoms in total. The second-order valence-corrected chi connectivity index (χ2v) is 12.0. The molecule has 4 aromatic carbocycles. The number of benzene rings is 4. The summed E-state index contributed by atoms with van der Waals surface area (Å²) < 4.78 is 24.0. The van der Waals surface area contributed by atoms with Crippen molar-refractivity contribution in [3.63, 3.8) is 0 Å². The number of hydrogen-bond acceptors (Lipinski definition) is 3. The zero-order chi connectivity index (χ0) is 26.0. The zero-order valence-electron chi connectivity index (χ0n) is 21.4. The van der Waals surface area contributed by atoms with Gasteiger partial charge in [-0.15, -0.1) is 0 Å². The molecule has 0 aliphatic heterocycles. The standard InChI is InChI=1S/C33H31NO2S/c1-23(2)29-21-28-13-8-18-34-33(28)32(22-29)27-12-7-9-24(19-27)20-31(25-10-5-4-6-11-25)26-14-16-30(17-15-26)37(3,35)36/h4-19,21-23,31H,20H2,1-3H3. The number of sulfone groups is 1. The Morgan fingerprint density at radius 1 is 0.730 bits per heavy atom. The quantitative estimate of drug-likeness (QED) is 0.227. The van der Waals surface area contributed by atoms with Gasteiger partial charge in [-0.3, -0.25) is 4.98 Å². The smallest absolute Gasteiger partial charge is 0.175 e. The first-order valence-electron chi connectivity index (χ1n) is 12.6. The lowest BCUT2D eigenvalue weighted by atomic mass is 9.85. The highest BCUT2D eigenvalue weighted by atomic mass is 32.2. The molecule has 1 atom stereocenters. The molecule has 0 spiro atoms. The van der Waals surface area contributed by atoms with Crippen molar-refractivity contribution in [2.45, 2.75) is 37.0 Å². The number of nitrogens with zero attached hydrogens (tertiary/aromatic N) is 1. The molecule has 0 radical (unpaired) electrons. The molecule has 5 rings (SSSR count). The summed E-state index contributed by atoms with van der Waals surface area (Å²) in [6.07, 6.45) is 3.90. The minimum Gasteiger partial charge on any atom is -0.256 e. The molecule has 1 heterocycles. The van der Waals surface area contributed by atoms with Crippen LogP contribution in [0.3, 0.4) is 0 Å². The summed E-state index contributed by atoms with van der Waals surface area (Å²) >= 11 is 0. The molecular weight excluding hydrogens is 474 g/mol. The highest BCUT2D eigenvalue weighted by Gasteiger charge is 2.17. The summed E-state index contributed by atoms with van der Waals surface area (Å²) in [5.74, 6) is 0.519. The highest BCUT2D eigenvalue weighted by molar-refractivity contribution is 7.90. The fraction of sp³-hybridized carbons (Fsp3) is 0.182. The number of fused-ring (bicyclic) bond motifs is 1. The molecule has 0 saturated carbocycles. The summed E-state index contributed by atoms with van der Waals surface area (Å²) in [6, 6.07) is 35.1. The van der Waals surface area contributed by atoms with Gasteiger partial charge >= 0.3 is 0 Å². The third-order valence-corrected chi connectivity index (χ3v) is 8.11. The number of hydrogen-bond donors (Lipinski definition) is 0. The van der Waals surface area contributed by atoms with Crippen LogP contribution in [0.15, 0.2) is 114 Å². The Bertz CT molecular complexity index is 1640. The van der Waals surface area contributed by atoms with E-state index in [4.69, 9.17) is 4.98 Å². The maximum atomic E-state index is 12.0. The Kier molecular flexibility index (Phi) is 6.94. The van der Waals surface area contributed by atoms with Crippen molar-refractivity contribution >= 4 is 20.7 Å². The molecule has 5 aromatic rings. The minimum absolute atomic E-state index is 0.0990. The van der Waals surface area contributed by atoms with Crippen LogP contribution in [0.1, 0.15) is 47.9 Å². The molecule has 0 amide bonds. The Hall–Kier alpha value is -3.76. The summed E-state index contributed by atoms with van der Waals surface area (Å²) in [5, 5.41) is 1.15. The highest BCUT2D eigenvalue weighted by Crippen LogP contribution is 2.34. The number of rotatable bonds is 7. The topological polar surface area (TPSA) is 47.0 Å². The third kappa shape index (κ3) is 5.50. The molecule has 4 heteroatoms. The number of pyridine rings is 1. The minimum atomic E-state index is -3.24. The van der Waals surface area contributed by atoms with E-state index in [-0.39, 0.29) is 5.92 Å². The summed E-state index contributed by atoms with van der Waals surface area (Å²) in [7, 11) is -3.24. The molecular formula is C33H31NO2S. The van der Waals surface area contributed by atoms with Gasteiger partial charge in [-0.25, -0.2) is 8.42 Å². The Morgan fingerprint density at radius 3 is 2.16 bits per heavy atom. The van der Waals surface area contributed by atoms with Gasteiger partial charge in [0.2, 0.25) is 0 Å². The Balaban J connectivity index is 1.56. The van der Waals surface area contributed by atoms with Crippen molar-refractivity contribution < 1.29 is 8.42 Å². The van der Waals surface area contributed by atoms with Gasteiger partial charge in [-0.1, -0.05) is 86.6 Å². The van der Waals surface area contributed by atoms with Gasteiger partial charge in [0.1, 0.15) is 0 Å². The molecule has 0 fully saturated rings. The fourth-order valence-corrected chi connectivity index (χ4v) is 5.56. The van der Waals surface area contributed by atoms with E-state index in [1.54, 1.807) is 12.1 Å². The molecule has 0 aliphatic rings. The molecule has 1 aromatic heterocycles. The number of aromatic nitrogens is 1. The third-order valence-electron chi connectivity index (χ3n) is 6.98. The van der Waals surface area contributed by atoms with Crippen LogP contribution in [-0.2, 0) is 16.3 Å². The summed E-state index contributed by atoms with van der Waals surface area (Å²) in [6.45, 7) is 4.44. The average Bonchev–Trinajstić information content (AvgIpc) is 2.91. The van der Waals surface area contributed by atoms with Gasteiger partial charge < -0.3 is 0 Å². The van der Waals surface area contributed by atoms with Crippen LogP contribution in [0.2, 0.25) is 0 Å². The first-order valence-corrected chi connectivity index (χ1v) is 14.5. The van der Waals surface area contributed by atoms with Crippen LogP contribution >= 0.6 is 0 Å². The molecule has 1 unspecified atom stereocenters. The first-order chi connectivity index (χ1) is 17.8. The second-order valence-electron chi connectivity index (χ2n) is 10.0. The summed E-state index contributed by atoms with van der Waals surface area (Å²) in [5.41, 5.74) is 8.14. The van der Waals surface area contributed by atoms with Crippen LogP contribution in [0, 0.1) is 0 Å². The normalized spacial score (nSPS) is 12.6. The van der Waals surface area contributed by atoms with E-state index in [2.05, 4.69) is 80.6 Å². The molecule has 0 N–H and O–H groups in total. The van der Waals surface area contributed by atoms with E-state index < -0.39 is 9.84 Å². The van der Waals surface area contributed by atoms with E-state index in [0.29, 0.717) is 10.8 Å². The van der Waals surface area contributed by atoms with Crippen LogP contribution in [0.25, 0.3) is 22.0 Å². The van der Waals surface area contributed by atoms with E-state index in [9.17, 15) is 8.42 Å². The van der Waals surface area contributed by atoms with Crippen molar-refractivity contribution in [3.05, 3.63) is 132 Å². The van der Waals surface area contributed by atoms with Crippen LogP contribution < -0.4 is 0 Å². The van der Waals surface area contributed by atoms with Crippen LogP contribution in [-0.4, -0.2) is 19.7 Å². The molecule has 37 heavy (non-hydrogen) atoms. The maximum Gasteiger partial charge on any atom is 0.175 e. The van der Waals surface area contributed by atoms with Crippen LogP contribution in [0.5, 0.6) is 0 Å². The van der Waals surface area contributed by atoms with Gasteiger partial charge in [0.05, 0.1) is 10.4 Å². The van der Waals surface area contributed by atoms with E-state index in [1.165, 1.54) is 22.9 Å². The van der Waals surface area contributed by atoms with Crippen molar-refractivity contribution in [1.82, 2.24) is 4.98 Å². The lowest BCUT2D eigenvalue weighted by Gasteiger charge is -2.19. The second kappa shape index (κ2) is 10.3. The largest absolute Gasteiger partial charge is 0.256 e. The Labute approximate surface area is 219 Å². The van der Waals surface area contributed by atoms with Gasteiger partial charge in [0, 0.05) is 29.3 Å². The van der Waals surface area contributed by atoms with Gasteiger partial charge in [0.25, 0.3) is 0 Å². The first kappa shape index (κ1) is 24.9. The van der Waals surface area contributed by atoms with Gasteiger partial charge in [-0.05, 0) is 70.5 Å². The predicted molar refractivity (Wildman–Crippen MR) is 153 cm³/mol. The molecule has 186 valence electrons. The van der Waals surface area contributed by atoms with Crippen molar-refractivity contribution in [2.75, 3.05) is 6.26 Å². The molecule has 0 bridgehead atoms. The summed E-state index contributed by atoms with van der Waals surface area (Å²) in [4.78, 5) is 5.06.